The van der Waals surface area contributed by atoms with Crippen molar-refractivity contribution in [3.63, 3.8) is 0 Å². The summed E-state index contributed by atoms with van der Waals surface area (Å²) in [5.41, 5.74) is 0. The van der Waals surface area contributed by atoms with Crippen molar-refractivity contribution < 1.29 is 9.59 Å². The van der Waals surface area contributed by atoms with Crippen molar-refractivity contribution >= 4 is 11.8 Å². The lowest BCUT2D eigenvalue weighted by Crippen LogP contribution is -2.45. The van der Waals surface area contributed by atoms with Crippen LogP contribution in [-0.2, 0) is 9.59 Å². The Hall–Kier alpha value is -1.62. The van der Waals surface area contributed by atoms with Crippen LogP contribution in [0.3, 0.4) is 0 Å². The highest BCUT2D eigenvalue weighted by atomic mass is 16.2. The van der Waals surface area contributed by atoms with Gasteiger partial charge in [0.25, 0.3) is 0 Å². The Morgan fingerprint density at radius 3 is 1.54 bits per heavy atom. The predicted octanol–water partition coefficient (Wildman–Crippen LogP) is 4.20. The van der Waals surface area contributed by atoms with Crippen LogP contribution < -0.4 is 10.6 Å². The Morgan fingerprint density at radius 1 is 0.786 bits per heavy atom. The van der Waals surface area contributed by atoms with Gasteiger partial charge < -0.3 is 15.5 Å². The van der Waals surface area contributed by atoms with E-state index in [1.807, 2.05) is 33.0 Å². The van der Waals surface area contributed by atoms with E-state index in [2.05, 4.69) is 29.4 Å². The van der Waals surface area contributed by atoms with Gasteiger partial charge in [-0.3, -0.25) is 9.59 Å². The summed E-state index contributed by atoms with van der Waals surface area (Å²) in [4.78, 5) is 26.0. The lowest BCUT2D eigenvalue weighted by atomic mass is 10.2. The van der Waals surface area contributed by atoms with E-state index in [0.29, 0.717) is 0 Å². The first kappa shape index (κ1) is 26.4. The first-order valence-corrected chi connectivity index (χ1v) is 11.0. The number of nitrogens with one attached hydrogen (secondary N) is 2. The number of likely N-dealkylation sites (N-methyl/N-ethyl adjacent to an activating group) is 1. The predicted molar refractivity (Wildman–Crippen MR) is 119 cm³/mol. The molecule has 0 heterocycles. The molecular formula is C23H43N3O2. The molecule has 2 N–H and O–H groups in total. The van der Waals surface area contributed by atoms with Gasteiger partial charge in [0, 0.05) is 25.2 Å². The molecule has 162 valence electrons. The maximum Gasteiger partial charge on any atom is 0.243 e. The summed E-state index contributed by atoms with van der Waals surface area (Å²) in [5, 5.41) is 5.99. The summed E-state index contributed by atoms with van der Waals surface area (Å²) in [6, 6.07) is 0.110. The average molecular weight is 394 g/mol. The van der Waals surface area contributed by atoms with E-state index in [9.17, 15) is 9.59 Å². The third-order valence-corrected chi connectivity index (χ3v) is 4.44. The molecule has 0 radical (unpaired) electrons. The smallest absolute Gasteiger partial charge is 0.243 e. The van der Waals surface area contributed by atoms with E-state index < -0.39 is 0 Å². The Labute approximate surface area is 173 Å². The summed E-state index contributed by atoms with van der Waals surface area (Å²) in [6.45, 7) is 9.83. The molecule has 28 heavy (non-hydrogen) atoms. The fourth-order valence-corrected chi connectivity index (χ4v) is 3.09. The minimum absolute atomic E-state index is 0.0352. The molecule has 0 rings (SSSR count). The first-order chi connectivity index (χ1) is 13.4. The number of nitrogens with zero attached hydrogens (tertiary/aromatic N) is 1. The van der Waals surface area contributed by atoms with Crippen molar-refractivity contribution in [3.8, 4) is 0 Å². The summed E-state index contributed by atoms with van der Waals surface area (Å²) in [7, 11) is 2.01. The van der Waals surface area contributed by atoms with Crippen LogP contribution in [0.4, 0.5) is 0 Å². The highest BCUT2D eigenvalue weighted by Gasteiger charge is 2.12. The maximum absolute atomic E-state index is 11.9. The van der Waals surface area contributed by atoms with Crippen LogP contribution in [0, 0.1) is 0 Å². The van der Waals surface area contributed by atoms with E-state index >= 15 is 0 Å². The number of hydrogen-bond acceptors (Lipinski definition) is 3. The van der Waals surface area contributed by atoms with Crippen molar-refractivity contribution in [3.05, 3.63) is 24.3 Å². The summed E-state index contributed by atoms with van der Waals surface area (Å²) in [6.07, 6.45) is 16.2. The first-order valence-electron chi connectivity index (χ1n) is 11.0. The maximum atomic E-state index is 11.9. The Morgan fingerprint density at radius 2 is 1.18 bits per heavy atom. The van der Waals surface area contributed by atoms with Gasteiger partial charge in [0.15, 0.2) is 0 Å². The second-order valence-electron chi connectivity index (χ2n) is 7.84. The van der Waals surface area contributed by atoms with Gasteiger partial charge in [-0.15, -0.1) is 0 Å². The fourth-order valence-electron chi connectivity index (χ4n) is 3.09. The van der Waals surface area contributed by atoms with Crippen molar-refractivity contribution in [2.24, 2.45) is 0 Å². The summed E-state index contributed by atoms with van der Waals surface area (Å²) >= 11 is 0. The van der Waals surface area contributed by atoms with Crippen LogP contribution in [0.25, 0.3) is 0 Å². The zero-order valence-electron chi connectivity index (χ0n) is 18.8. The molecule has 5 heteroatoms. The van der Waals surface area contributed by atoms with E-state index in [1.165, 1.54) is 25.7 Å². The van der Waals surface area contributed by atoms with Crippen molar-refractivity contribution in [1.29, 1.82) is 0 Å². The quantitative estimate of drug-likeness (QED) is 0.305. The van der Waals surface area contributed by atoms with Crippen molar-refractivity contribution in [1.82, 2.24) is 15.5 Å². The SMILES string of the molecule is CCCCC/C=C/C(=O)NC(C)CN(C)CC(C)NC(=O)/C=C/CCCCC. The molecule has 2 unspecified atom stereocenters. The number of carbonyl (C=O) groups is 2. The molecule has 0 aromatic carbocycles. The molecule has 0 aliphatic heterocycles. The van der Waals surface area contributed by atoms with Crippen LogP contribution in [0.5, 0.6) is 0 Å². The molecule has 0 aliphatic carbocycles. The normalized spacial score (nSPS) is 13.9. The molecule has 0 bridgehead atoms. The molecule has 5 nitrogen and oxygen atoms in total. The van der Waals surface area contributed by atoms with Crippen molar-refractivity contribution in [2.45, 2.75) is 91.1 Å². The molecule has 0 saturated heterocycles. The zero-order valence-corrected chi connectivity index (χ0v) is 18.8. The topological polar surface area (TPSA) is 61.4 Å². The Bertz CT molecular complexity index is 432. The van der Waals surface area contributed by atoms with E-state index in [-0.39, 0.29) is 23.9 Å². The molecule has 0 fully saturated rings. The van der Waals surface area contributed by atoms with E-state index in [0.717, 1.165) is 38.8 Å². The molecule has 0 aliphatic rings. The monoisotopic (exact) mass is 393 g/mol. The van der Waals surface area contributed by atoms with Crippen LogP contribution in [0.1, 0.15) is 79.1 Å². The fraction of sp³-hybridized carbons (Fsp3) is 0.739. The van der Waals surface area contributed by atoms with Crippen LogP contribution in [0.15, 0.2) is 24.3 Å². The molecular weight excluding hydrogens is 350 g/mol. The number of rotatable bonds is 16. The molecule has 0 spiro atoms. The third kappa shape index (κ3) is 16.5. The van der Waals surface area contributed by atoms with E-state index in [1.54, 1.807) is 12.2 Å². The number of amides is 2. The summed E-state index contributed by atoms with van der Waals surface area (Å²) in [5.74, 6) is -0.0704. The van der Waals surface area contributed by atoms with Gasteiger partial charge in [-0.25, -0.2) is 0 Å². The summed E-state index contributed by atoms with van der Waals surface area (Å²) < 4.78 is 0. The zero-order chi connectivity index (χ0) is 21.2. The standard InChI is InChI=1S/C23H43N3O2/c1-6-8-10-12-14-16-22(27)24-20(3)18-26(5)19-21(4)25-23(28)17-15-13-11-9-7-2/h14-17,20-21H,6-13,18-19H2,1-5H3,(H,24,27)(H,25,28)/b16-14+,17-15+. The van der Waals surface area contributed by atoms with Gasteiger partial charge in [-0.1, -0.05) is 51.7 Å². The minimum atomic E-state index is -0.0352. The van der Waals surface area contributed by atoms with Crippen molar-refractivity contribution in [2.75, 3.05) is 20.1 Å². The van der Waals surface area contributed by atoms with Gasteiger partial charge in [-0.05, 0) is 58.7 Å². The molecule has 2 atom stereocenters. The van der Waals surface area contributed by atoms with Crippen LogP contribution >= 0.6 is 0 Å². The number of carbonyl (C=O) groups excluding carboxylic acids is 2. The molecule has 2 amide bonds. The van der Waals surface area contributed by atoms with Gasteiger partial charge in [-0.2, -0.15) is 0 Å². The number of hydrogen-bond donors (Lipinski definition) is 2. The minimum Gasteiger partial charge on any atom is -0.349 e. The van der Waals surface area contributed by atoms with Crippen LogP contribution in [0.2, 0.25) is 0 Å². The molecule has 0 aromatic heterocycles. The lowest BCUT2D eigenvalue weighted by Gasteiger charge is -2.25. The highest BCUT2D eigenvalue weighted by molar-refractivity contribution is 5.88. The Kier molecular flexibility index (Phi) is 16.5. The number of allylic oxidation sites excluding steroid dienone is 2. The second-order valence-corrected chi connectivity index (χ2v) is 7.84. The lowest BCUT2D eigenvalue weighted by molar-refractivity contribution is -0.117. The average Bonchev–Trinajstić information content (AvgIpc) is 2.60. The van der Waals surface area contributed by atoms with E-state index in [4.69, 9.17) is 0 Å². The Balaban J connectivity index is 4.02. The van der Waals surface area contributed by atoms with Gasteiger partial charge in [0.05, 0.1) is 0 Å². The molecule has 0 saturated carbocycles. The molecule has 0 aromatic rings. The van der Waals surface area contributed by atoms with Crippen LogP contribution in [-0.4, -0.2) is 48.9 Å². The van der Waals surface area contributed by atoms with Gasteiger partial charge in [0.1, 0.15) is 0 Å². The highest BCUT2D eigenvalue weighted by Crippen LogP contribution is 2.00. The van der Waals surface area contributed by atoms with Gasteiger partial charge in [0.2, 0.25) is 11.8 Å². The van der Waals surface area contributed by atoms with Gasteiger partial charge >= 0.3 is 0 Å². The number of unbranched alkanes of at least 4 members (excludes halogenated alkanes) is 6. The third-order valence-electron chi connectivity index (χ3n) is 4.44. The largest absolute Gasteiger partial charge is 0.349 e. The second kappa shape index (κ2) is 17.5.